The molecule has 192 valence electrons. The summed E-state index contributed by atoms with van der Waals surface area (Å²) in [5.41, 5.74) is 3.08. The molecule has 36 heavy (non-hydrogen) atoms. The van der Waals surface area contributed by atoms with Gasteiger partial charge in [0, 0.05) is 42.9 Å². The number of benzene rings is 2. The fourth-order valence-corrected chi connectivity index (χ4v) is 4.15. The fraction of sp³-hybridized carbons (Fsp3) is 0.393. The number of aliphatic hydroxyl groups excluding tert-OH is 1. The van der Waals surface area contributed by atoms with E-state index in [0.717, 1.165) is 16.8 Å². The van der Waals surface area contributed by atoms with Crippen molar-refractivity contribution in [1.29, 1.82) is 0 Å². The van der Waals surface area contributed by atoms with Crippen LogP contribution in [0.2, 0.25) is 5.02 Å². The first-order valence-corrected chi connectivity index (χ1v) is 12.5. The molecule has 1 amide bonds. The van der Waals surface area contributed by atoms with Crippen LogP contribution in [0.5, 0.6) is 5.75 Å². The van der Waals surface area contributed by atoms with Gasteiger partial charge in [-0.15, -0.1) is 0 Å². The summed E-state index contributed by atoms with van der Waals surface area (Å²) in [6.07, 6.45) is 2.84. The SMILES string of the molecule is CC(=O)c1nc(-c2ccc(CC(CCO)NC(=O)c3ccc(OC(C)C)c(Cl)c3)cc2)cn1C(C)C. The second kappa shape index (κ2) is 12.2. The lowest BCUT2D eigenvalue weighted by atomic mass is 10.0. The minimum atomic E-state index is -0.265. The van der Waals surface area contributed by atoms with Crippen molar-refractivity contribution >= 4 is 23.3 Å². The maximum Gasteiger partial charge on any atom is 0.251 e. The van der Waals surface area contributed by atoms with Crippen LogP contribution < -0.4 is 10.1 Å². The van der Waals surface area contributed by atoms with Crippen molar-refractivity contribution in [2.75, 3.05) is 6.61 Å². The maximum atomic E-state index is 12.9. The van der Waals surface area contributed by atoms with Gasteiger partial charge in [-0.05, 0) is 64.3 Å². The number of rotatable bonds is 11. The zero-order valence-corrected chi connectivity index (χ0v) is 22.2. The first-order chi connectivity index (χ1) is 17.1. The summed E-state index contributed by atoms with van der Waals surface area (Å²) in [5.74, 6) is 0.638. The molecule has 7 nitrogen and oxygen atoms in total. The number of nitrogens with zero attached hydrogens (tertiary/aromatic N) is 2. The van der Waals surface area contributed by atoms with E-state index in [1.807, 2.05) is 62.7 Å². The predicted octanol–water partition coefficient (Wildman–Crippen LogP) is 5.50. The van der Waals surface area contributed by atoms with E-state index in [2.05, 4.69) is 10.3 Å². The Labute approximate surface area is 217 Å². The second-order valence-electron chi connectivity index (χ2n) is 9.40. The number of carbonyl (C=O) groups excluding carboxylic acids is 2. The van der Waals surface area contributed by atoms with Gasteiger partial charge < -0.3 is 19.7 Å². The Bertz CT molecular complexity index is 1200. The van der Waals surface area contributed by atoms with Gasteiger partial charge in [-0.1, -0.05) is 35.9 Å². The smallest absolute Gasteiger partial charge is 0.251 e. The number of aromatic nitrogens is 2. The molecular weight excluding hydrogens is 478 g/mol. The molecule has 0 spiro atoms. The minimum absolute atomic E-state index is 0.0235. The van der Waals surface area contributed by atoms with Crippen LogP contribution >= 0.6 is 11.6 Å². The van der Waals surface area contributed by atoms with Crippen molar-refractivity contribution < 1.29 is 19.4 Å². The minimum Gasteiger partial charge on any atom is -0.489 e. The maximum absolute atomic E-state index is 12.9. The Kier molecular flexibility index (Phi) is 9.29. The Balaban J connectivity index is 1.71. The van der Waals surface area contributed by atoms with Crippen molar-refractivity contribution in [3.63, 3.8) is 0 Å². The van der Waals surface area contributed by atoms with E-state index >= 15 is 0 Å². The number of aliphatic hydroxyl groups is 1. The topological polar surface area (TPSA) is 93.4 Å². The third kappa shape index (κ3) is 6.95. The molecule has 1 atom stereocenters. The van der Waals surface area contributed by atoms with Gasteiger partial charge in [0.1, 0.15) is 5.75 Å². The van der Waals surface area contributed by atoms with Gasteiger partial charge in [0.05, 0.1) is 16.8 Å². The van der Waals surface area contributed by atoms with Gasteiger partial charge in [-0.3, -0.25) is 9.59 Å². The standard InChI is InChI=1S/C28H34ClN3O4/c1-17(2)32-16-25(31-27(32)19(5)34)21-8-6-20(7-9-21)14-23(12-13-33)30-28(35)22-10-11-26(24(29)15-22)36-18(3)4/h6-11,15-18,23,33H,12-14H2,1-5H3,(H,30,35). The van der Waals surface area contributed by atoms with E-state index in [1.54, 1.807) is 18.2 Å². The lowest BCUT2D eigenvalue weighted by Gasteiger charge is -2.19. The highest BCUT2D eigenvalue weighted by Crippen LogP contribution is 2.27. The average molecular weight is 512 g/mol. The fourth-order valence-electron chi connectivity index (χ4n) is 3.92. The molecule has 0 bridgehead atoms. The molecule has 0 saturated carbocycles. The van der Waals surface area contributed by atoms with Crippen LogP contribution in [-0.2, 0) is 6.42 Å². The van der Waals surface area contributed by atoms with Crippen molar-refractivity contribution in [3.8, 4) is 17.0 Å². The molecule has 3 rings (SSSR count). The van der Waals surface area contributed by atoms with Crippen LogP contribution in [0.1, 0.15) is 73.6 Å². The number of carbonyl (C=O) groups is 2. The van der Waals surface area contributed by atoms with Crippen LogP contribution in [0.3, 0.4) is 0 Å². The normalized spacial score (nSPS) is 12.1. The molecule has 2 aromatic carbocycles. The van der Waals surface area contributed by atoms with E-state index in [9.17, 15) is 14.7 Å². The molecule has 1 unspecified atom stereocenters. The first-order valence-electron chi connectivity index (χ1n) is 12.2. The van der Waals surface area contributed by atoms with E-state index in [0.29, 0.717) is 35.0 Å². The summed E-state index contributed by atoms with van der Waals surface area (Å²) < 4.78 is 7.51. The highest BCUT2D eigenvalue weighted by atomic mass is 35.5. The molecule has 0 aliphatic rings. The Hall–Kier alpha value is -3.16. The lowest BCUT2D eigenvalue weighted by molar-refractivity contribution is 0.0929. The van der Waals surface area contributed by atoms with Gasteiger partial charge in [-0.2, -0.15) is 0 Å². The lowest BCUT2D eigenvalue weighted by Crippen LogP contribution is -2.37. The van der Waals surface area contributed by atoms with Gasteiger partial charge in [0.2, 0.25) is 0 Å². The van der Waals surface area contributed by atoms with E-state index in [-0.39, 0.29) is 36.5 Å². The monoisotopic (exact) mass is 511 g/mol. The van der Waals surface area contributed by atoms with Crippen LogP contribution in [0, 0.1) is 0 Å². The summed E-state index contributed by atoms with van der Waals surface area (Å²) in [5, 5.41) is 12.9. The molecule has 3 aromatic rings. The van der Waals surface area contributed by atoms with Gasteiger partial charge in [0.15, 0.2) is 11.6 Å². The number of ketones is 1. The Morgan fingerprint density at radius 1 is 1.11 bits per heavy atom. The number of nitrogens with one attached hydrogen (secondary N) is 1. The largest absolute Gasteiger partial charge is 0.489 e. The molecule has 0 fully saturated rings. The van der Waals surface area contributed by atoms with E-state index < -0.39 is 0 Å². The molecular formula is C28H34ClN3O4. The molecule has 2 N–H and O–H groups in total. The summed E-state index contributed by atoms with van der Waals surface area (Å²) in [7, 11) is 0. The van der Waals surface area contributed by atoms with E-state index in [1.165, 1.54) is 6.92 Å². The van der Waals surface area contributed by atoms with Gasteiger partial charge >= 0.3 is 0 Å². The molecule has 0 aliphatic carbocycles. The van der Waals surface area contributed by atoms with Crippen molar-refractivity contribution in [2.24, 2.45) is 0 Å². The number of Topliss-reactive ketones (excluding diaryl/α,β-unsaturated/α-hetero) is 1. The third-order valence-corrected chi connectivity index (χ3v) is 6.00. The number of imidazole rings is 1. The summed E-state index contributed by atoms with van der Waals surface area (Å²) in [6.45, 7) is 9.31. The van der Waals surface area contributed by atoms with Crippen molar-refractivity contribution in [2.45, 2.75) is 65.6 Å². The second-order valence-corrected chi connectivity index (χ2v) is 9.81. The highest BCUT2D eigenvalue weighted by Gasteiger charge is 2.18. The van der Waals surface area contributed by atoms with Gasteiger partial charge in [0.25, 0.3) is 5.91 Å². The molecule has 0 aliphatic heterocycles. The zero-order chi connectivity index (χ0) is 26.4. The zero-order valence-electron chi connectivity index (χ0n) is 21.4. The van der Waals surface area contributed by atoms with Crippen LogP contribution in [0.25, 0.3) is 11.3 Å². The summed E-state index contributed by atoms with van der Waals surface area (Å²) in [6, 6.07) is 12.7. The van der Waals surface area contributed by atoms with Crippen LogP contribution in [0.15, 0.2) is 48.7 Å². The molecule has 0 radical (unpaired) electrons. The molecule has 1 heterocycles. The predicted molar refractivity (Wildman–Crippen MR) is 142 cm³/mol. The van der Waals surface area contributed by atoms with Crippen molar-refractivity contribution in [1.82, 2.24) is 14.9 Å². The van der Waals surface area contributed by atoms with Gasteiger partial charge in [-0.25, -0.2) is 4.98 Å². The third-order valence-electron chi connectivity index (χ3n) is 5.70. The Morgan fingerprint density at radius 2 is 1.81 bits per heavy atom. The number of halogens is 1. The number of hydrogen-bond acceptors (Lipinski definition) is 5. The number of amides is 1. The molecule has 8 heteroatoms. The van der Waals surface area contributed by atoms with Crippen LogP contribution in [-0.4, -0.2) is 45.1 Å². The van der Waals surface area contributed by atoms with Crippen LogP contribution in [0.4, 0.5) is 0 Å². The van der Waals surface area contributed by atoms with E-state index in [4.69, 9.17) is 16.3 Å². The number of ether oxygens (including phenoxy) is 1. The average Bonchev–Trinajstić information content (AvgIpc) is 3.27. The summed E-state index contributed by atoms with van der Waals surface area (Å²) in [4.78, 5) is 29.4. The quantitative estimate of drug-likeness (QED) is 0.332. The Morgan fingerprint density at radius 3 is 2.33 bits per heavy atom. The number of hydrogen-bond donors (Lipinski definition) is 2. The van der Waals surface area contributed by atoms with Crippen molar-refractivity contribution in [3.05, 3.63) is 70.6 Å². The molecule has 1 aromatic heterocycles. The summed E-state index contributed by atoms with van der Waals surface area (Å²) >= 11 is 6.29. The first kappa shape index (κ1) is 27.4. The highest BCUT2D eigenvalue weighted by molar-refractivity contribution is 6.32. The molecule has 0 saturated heterocycles.